The molecule has 0 amide bonds. The Morgan fingerprint density at radius 2 is 1.95 bits per heavy atom. The van der Waals surface area contributed by atoms with Crippen molar-refractivity contribution in [2.24, 2.45) is 0 Å². The van der Waals surface area contributed by atoms with Crippen molar-refractivity contribution < 1.29 is 5.11 Å². The molecule has 0 saturated carbocycles. The lowest BCUT2D eigenvalue weighted by molar-refractivity contribution is 0.198. The molecule has 2 nitrogen and oxygen atoms in total. The molecule has 0 saturated heterocycles. The zero-order valence-corrected chi connectivity index (χ0v) is 13.5. The first kappa shape index (κ1) is 14.6. The van der Waals surface area contributed by atoms with Gasteiger partial charge in [0.15, 0.2) is 0 Å². The number of aromatic nitrogens is 1. The third kappa shape index (κ3) is 3.81. The zero-order valence-electron chi connectivity index (χ0n) is 11.1. The Hall–Kier alpha value is -0.840. The summed E-state index contributed by atoms with van der Waals surface area (Å²) in [5.41, 5.74) is 3.15. The Labute approximate surface area is 126 Å². The van der Waals surface area contributed by atoms with Gasteiger partial charge < -0.3 is 5.11 Å². The predicted molar refractivity (Wildman–Crippen MR) is 82.6 cm³/mol. The summed E-state index contributed by atoms with van der Waals surface area (Å²) < 4.78 is 0.928. The largest absolute Gasteiger partial charge is 0.389 e. The number of pyridine rings is 1. The molecular formula is C15H16BrNOS. The van der Waals surface area contributed by atoms with Crippen molar-refractivity contribution in [1.82, 2.24) is 4.98 Å². The fourth-order valence-electron chi connectivity index (χ4n) is 1.89. The lowest BCUT2D eigenvalue weighted by atomic mass is 10.1. The van der Waals surface area contributed by atoms with E-state index >= 15 is 0 Å². The van der Waals surface area contributed by atoms with E-state index in [1.165, 1.54) is 5.56 Å². The van der Waals surface area contributed by atoms with Gasteiger partial charge in [-0.15, -0.1) is 0 Å². The number of halogens is 1. The molecule has 1 atom stereocenters. The smallest absolute Gasteiger partial charge is 0.101 e. The Kier molecular flexibility index (Phi) is 4.66. The van der Waals surface area contributed by atoms with Gasteiger partial charge in [-0.25, -0.2) is 4.98 Å². The van der Waals surface area contributed by atoms with E-state index in [4.69, 9.17) is 0 Å². The van der Waals surface area contributed by atoms with Crippen LogP contribution in [-0.2, 0) is 0 Å². The molecule has 100 valence electrons. The summed E-state index contributed by atoms with van der Waals surface area (Å²) in [7, 11) is 0. The standard InChI is InChI=1S/C15H16BrNOS/c1-9-6-10(2)17-15(7-9)19-12-4-5-13(11(3)18)14(16)8-12/h4-8,11,18H,1-3H3/t11-/m0/s1. The number of nitrogens with zero attached hydrogens (tertiary/aromatic N) is 1. The molecular weight excluding hydrogens is 322 g/mol. The maximum Gasteiger partial charge on any atom is 0.101 e. The molecule has 0 aliphatic heterocycles. The number of aryl methyl sites for hydroxylation is 2. The van der Waals surface area contributed by atoms with Gasteiger partial charge in [0.1, 0.15) is 5.03 Å². The third-order valence-corrected chi connectivity index (χ3v) is 4.31. The molecule has 19 heavy (non-hydrogen) atoms. The van der Waals surface area contributed by atoms with Gasteiger partial charge in [-0.1, -0.05) is 33.8 Å². The highest BCUT2D eigenvalue weighted by molar-refractivity contribution is 9.10. The van der Waals surface area contributed by atoms with E-state index < -0.39 is 6.10 Å². The van der Waals surface area contributed by atoms with Gasteiger partial charge in [-0.3, -0.25) is 0 Å². The minimum atomic E-state index is -0.465. The molecule has 0 radical (unpaired) electrons. The molecule has 1 heterocycles. The molecule has 0 aliphatic rings. The first-order chi connectivity index (χ1) is 8.95. The second-order valence-electron chi connectivity index (χ2n) is 4.59. The van der Waals surface area contributed by atoms with Gasteiger partial charge in [0.25, 0.3) is 0 Å². The summed E-state index contributed by atoms with van der Waals surface area (Å²) in [5, 5.41) is 10.6. The van der Waals surface area contributed by atoms with Crippen LogP contribution in [0.4, 0.5) is 0 Å². The molecule has 1 aromatic heterocycles. The first-order valence-corrected chi connectivity index (χ1v) is 7.67. The average Bonchev–Trinajstić information content (AvgIpc) is 2.26. The minimum absolute atomic E-state index is 0.465. The second kappa shape index (κ2) is 6.07. The number of benzene rings is 1. The minimum Gasteiger partial charge on any atom is -0.389 e. The normalized spacial score (nSPS) is 12.5. The van der Waals surface area contributed by atoms with Crippen LogP contribution in [-0.4, -0.2) is 10.1 Å². The van der Waals surface area contributed by atoms with Crippen LogP contribution in [0, 0.1) is 13.8 Å². The molecule has 0 aliphatic carbocycles. The van der Waals surface area contributed by atoms with Gasteiger partial charge in [0, 0.05) is 15.1 Å². The average molecular weight is 338 g/mol. The quantitative estimate of drug-likeness (QED) is 0.883. The van der Waals surface area contributed by atoms with E-state index in [0.29, 0.717) is 0 Å². The predicted octanol–water partition coefficient (Wildman–Crippen LogP) is 4.67. The van der Waals surface area contributed by atoms with Gasteiger partial charge in [0.05, 0.1) is 6.10 Å². The molecule has 4 heteroatoms. The molecule has 0 spiro atoms. The molecule has 2 aromatic rings. The van der Waals surface area contributed by atoms with Crippen LogP contribution in [0.3, 0.4) is 0 Å². The second-order valence-corrected chi connectivity index (χ2v) is 6.53. The van der Waals surface area contributed by atoms with Crippen molar-refractivity contribution in [1.29, 1.82) is 0 Å². The lowest BCUT2D eigenvalue weighted by Crippen LogP contribution is -1.92. The van der Waals surface area contributed by atoms with Crippen molar-refractivity contribution in [2.75, 3.05) is 0 Å². The SMILES string of the molecule is Cc1cc(C)nc(Sc2ccc([C@H](C)O)c(Br)c2)c1. The van der Waals surface area contributed by atoms with Crippen LogP contribution >= 0.6 is 27.7 Å². The Morgan fingerprint density at radius 3 is 2.53 bits per heavy atom. The summed E-state index contributed by atoms with van der Waals surface area (Å²) in [6.07, 6.45) is -0.465. The van der Waals surface area contributed by atoms with Gasteiger partial charge in [-0.2, -0.15) is 0 Å². The summed E-state index contributed by atoms with van der Waals surface area (Å²) in [4.78, 5) is 5.62. The van der Waals surface area contributed by atoms with Crippen molar-refractivity contribution in [2.45, 2.75) is 36.8 Å². The third-order valence-electron chi connectivity index (χ3n) is 2.72. The van der Waals surface area contributed by atoms with E-state index in [9.17, 15) is 5.11 Å². The highest BCUT2D eigenvalue weighted by Crippen LogP contribution is 2.32. The molecule has 0 unspecified atom stereocenters. The highest BCUT2D eigenvalue weighted by atomic mass is 79.9. The van der Waals surface area contributed by atoms with E-state index in [1.54, 1.807) is 18.7 Å². The summed E-state index contributed by atoms with van der Waals surface area (Å²) >= 11 is 5.12. The molecule has 1 aromatic carbocycles. The van der Waals surface area contributed by atoms with Gasteiger partial charge in [0.2, 0.25) is 0 Å². The molecule has 2 rings (SSSR count). The van der Waals surface area contributed by atoms with Crippen molar-refractivity contribution >= 4 is 27.7 Å². The van der Waals surface area contributed by atoms with E-state index in [1.807, 2.05) is 25.1 Å². The van der Waals surface area contributed by atoms with E-state index in [-0.39, 0.29) is 0 Å². The van der Waals surface area contributed by atoms with Crippen LogP contribution in [0.15, 0.2) is 44.7 Å². The topological polar surface area (TPSA) is 33.1 Å². The first-order valence-electron chi connectivity index (χ1n) is 6.06. The molecule has 0 fully saturated rings. The number of hydrogen-bond acceptors (Lipinski definition) is 3. The summed E-state index contributed by atoms with van der Waals surface area (Å²) in [5.74, 6) is 0. The van der Waals surface area contributed by atoms with E-state index in [2.05, 4.69) is 40.0 Å². The van der Waals surface area contributed by atoms with E-state index in [0.717, 1.165) is 25.7 Å². The monoisotopic (exact) mass is 337 g/mol. The van der Waals surface area contributed by atoms with Crippen molar-refractivity contribution in [3.05, 3.63) is 51.6 Å². The van der Waals surface area contributed by atoms with Crippen LogP contribution in [0.5, 0.6) is 0 Å². The number of aliphatic hydroxyl groups excluding tert-OH is 1. The van der Waals surface area contributed by atoms with Gasteiger partial charge in [-0.05, 0) is 56.2 Å². The fourth-order valence-corrected chi connectivity index (χ4v) is 3.74. The Bertz CT molecular complexity index is 578. The van der Waals surface area contributed by atoms with Crippen LogP contribution in [0.1, 0.15) is 29.8 Å². The Morgan fingerprint density at radius 1 is 1.21 bits per heavy atom. The molecule has 0 bridgehead atoms. The van der Waals surface area contributed by atoms with Crippen LogP contribution in [0.25, 0.3) is 0 Å². The van der Waals surface area contributed by atoms with Crippen molar-refractivity contribution in [3.63, 3.8) is 0 Å². The van der Waals surface area contributed by atoms with Gasteiger partial charge >= 0.3 is 0 Å². The maximum atomic E-state index is 9.61. The Balaban J connectivity index is 2.26. The lowest BCUT2D eigenvalue weighted by Gasteiger charge is -2.09. The highest BCUT2D eigenvalue weighted by Gasteiger charge is 2.08. The molecule has 1 N–H and O–H groups in total. The number of hydrogen-bond donors (Lipinski definition) is 1. The number of aliphatic hydroxyl groups is 1. The zero-order chi connectivity index (χ0) is 14.0. The number of rotatable bonds is 3. The van der Waals surface area contributed by atoms with Crippen molar-refractivity contribution in [3.8, 4) is 0 Å². The maximum absolute atomic E-state index is 9.61. The summed E-state index contributed by atoms with van der Waals surface area (Å²) in [6.45, 7) is 5.84. The summed E-state index contributed by atoms with van der Waals surface area (Å²) in [6, 6.07) is 10.1. The fraction of sp³-hybridized carbons (Fsp3) is 0.267. The van der Waals surface area contributed by atoms with Crippen LogP contribution in [0.2, 0.25) is 0 Å². The van der Waals surface area contributed by atoms with Crippen LogP contribution < -0.4 is 0 Å².